The topological polar surface area (TPSA) is 41.6 Å². The predicted octanol–water partition coefficient (Wildman–Crippen LogP) is 2.09. The van der Waals surface area contributed by atoms with E-state index in [1.165, 1.54) is 29.5 Å². The molecule has 0 spiro atoms. The first kappa shape index (κ1) is 12.9. The Kier molecular flexibility index (Phi) is 2.82. The van der Waals surface area contributed by atoms with Gasteiger partial charge in [-0.05, 0) is 36.2 Å². The van der Waals surface area contributed by atoms with Gasteiger partial charge < -0.3 is 10.1 Å². The summed E-state index contributed by atoms with van der Waals surface area (Å²) in [5.41, 5.74) is 5.33. The van der Waals surface area contributed by atoms with E-state index in [2.05, 4.69) is 41.5 Å². The van der Waals surface area contributed by atoms with Crippen LogP contribution in [0.5, 0.6) is 0 Å². The fourth-order valence-electron chi connectivity index (χ4n) is 4.14. The molecule has 0 aromatic heterocycles. The molecule has 0 unspecified atom stereocenters. The van der Waals surface area contributed by atoms with Gasteiger partial charge in [0.1, 0.15) is 0 Å². The number of fused-ring (bicyclic) bond motifs is 2. The summed E-state index contributed by atoms with van der Waals surface area (Å²) in [5.74, 6) is 0.295. The van der Waals surface area contributed by atoms with Crippen LogP contribution in [0.25, 0.3) is 5.57 Å². The van der Waals surface area contributed by atoms with Gasteiger partial charge in [-0.2, -0.15) is 0 Å². The van der Waals surface area contributed by atoms with Gasteiger partial charge in [0.25, 0.3) is 0 Å². The molecular weight excluding hydrogens is 264 g/mol. The molecular formula is C17H20N2O2. The fourth-order valence-corrected chi connectivity index (χ4v) is 4.14. The zero-order valence-corrected chi connectivity index (χ0v) is 12.4. The first-order valence-electron chi connectivity index (χ1n) is 7.56. The van der Waals surface area contributed by atoms with Crippen molar-refractivity contribution in [1.82, 2.24) is 4.90 Å². The van der Waals surface area contributed by atoms with Crippen molar-refractivity contribution < 1.29 is 9.53 Å². The summed E-state index contributed by atoms with van der Waals surface area (Å²) in [7, 11) is 3.58. The minimum atomic E-state index is -0.159. The third-order valence-electron chi connectivity index (χ3n) is 5.13. The molecule has 1 N–H and O–H groups in total. The maximum atomic E-state index is 11.9. The molecule has 2 heterocycles. The minimum Gasteiger partial charge on any atom is -0.469 e. The van der Waals surface area contributed by atoms with Gasteiger partial charge in [0.2, 0.25) is 0 Å². The van der Waals surface area contributed by atoms with Gasteiger partial charge in [0, 0.05) is 30.7 Å². The summed E-state index contributed by atoms with van der Waals surface area (Å²) >= 11 is 0. The van der Waals surface area contributed by atoms with E-state index in [9.17, 15) is 4.79 Å². The van der Waals surface area contributed by atoms with E-state index >= 15 is 0 Å². The Morgan fingerprint density at radius 2 is 2.29 bits per heavy atom. The average Bonchev–Trinajstić information content (AvgIpc) is 2.92. The maximum absolute atomic E-state index is 11.9. The number of likely N-dealkylation sites (N-methyl/N-ethyl adjacent to an activating group) is 1. The second-order valence-electron chi connectivity index (χ2n) is 6.29. The molecule has 3 atom stereocenters. The lowest BCUT2D eigenvalue weighted by atomic mass is 9.74. The monoisotopic (exact) mass is 284 g/mol. The summed E-state index contributed by atoms with van der Waals surface area (Å²) in [6.45, 7) is 1.78. The average molecular weight is 284 g/mol. The Bertz CT molecular complexity index is 638. The van der Waals surface area contributed by atoms with E-state index in [-0.39, 0.29) is 11.9 Å². The number of hydrogen-bond donors (Lipinski definition) is 1. The lowest BCUT2D eigenvalue weighted by Gasteiger charge is -2.41. The SMILES string of the molecule is COC(=O)[C@@H]1C=C2c3cccc4c3[C@@H](CN4)C[C@H]2N(C)C1. The Morgan fingerprint density at radius 1 is 1.43 bits per heavy atom. The largest absolute Gasteiger partial charge is 0.469 e. The van der Waals surface area contributed by atoms with E-state index in [4.69, 9.17) is 4.74 Å². The minimum absolute atomic E-state index is 0.138. The molecule has 0 radical (unpaired) electrons. The maximum Gasteiger partial charge on any atom is 0.313 e. The van der Waals surface area contributed by atoms with E-state index in [1.807, 2.05) is 0 Å². The molecule has 2 aliphatic heterocycles. The summed E-state index contributed by atoms with van der Waals surface area (Å²) in [5, 5.41) is 3.51. The Hall–Kier alpha value is -1.81. The Labute approximate surface area is 124 Å². The van der Waals surface area contributed by atoms with Crippen LogP contribution in [0.2, 0.25) is 0 Å². The normalized spacial score (nSPS) is 30.0. The smallest absolute Gasteiger partial charge is 0.313 e. The fraction of sp³-hybridized carbons (Fsp3) is 0.471. The van der Waals surface area contributed by atoms with E-state index < -0.39 is 0 Å². The zero-order chi connectivity index (χ0) is 14.6. The summed E-state index contributed by atoms with van der Waals surface area (Å²) in [6.07, 6.45) is 3.27. The van der Waals surface area contributed by atoms with Gasteiger partial charge in [0.05, 0.1) is 13.0 Å². The van der Waals surface area contributed by atoms with E-state index in [0.717, 1.165) is 19.5 Å². The summed E-state index contributed by atoms with van der Waals surface area (Å²) in [4.78, 5) is 14.2. The molecule has 1 aliphatic carbocycles. The number of carbonyl (C=O) groups is 1. The highest BCUT2D eigenvalue weighted by molar-refractivity contribution is 5.85. The molecule has 4 rings (SSSR count). The molecule has 110 valence electrons. The van der Waals surface area contributed by atoms with Crippen molar-refractivity contribution in [2.75, 3.05) is 32.6 Å². The second-order valence-corrected chi connectivity index (χ2v) is 6.29. The van der Waals surface area contributed by atoms with Crippen LogP contribution < -0.4 is 5.32 Å². The quantitative estimate of drug-likeness (QED) is 0.802. The third kappa shape index (κ3) is 1.82. The van der Waals surface area contributed by atoms with Crippen LogP contribution in [0, 0.1) is 5.92 Å². The lowest BCUT2D eigenvalue weighted by molar-refractivity contribution is -0.144. The van der Waals surface area contributed by atoms with Crippen molar-refractivity contribution in [3.05, 3.63) is 35.4 Å². The number of nitrogens with one attached hydrogen (secondary N) is 1. The summed E-state index contributed by atoms with van der Waals surface area (Å²) < 4.78 is 4.94. The molecule has 4 heteroatoms. The van der Waals surface area contributed by atoms with E-state index in [1.54, 1.807) is 0 Å². The van der Waals surface area contributed by atoms with Crippen LogP contribution in [0.4, 0.5) is 5.69 Å². The highest BCUT2D eigenvalue weighted by atomic mass is 16.5. The summed E-state index contributed by atoms with van der Waals surface area (Å²) in [6, 6.07) is 6.88. The van der Waals surface area contributed by atoms with Gasteiger partial charge in [-0.1, -0.05) is 18.2 Å². The molecule has 3 aliphatic rings. The van der Waals surface area contributed by atoms with Gasteiger partial charge in [0.15, 0.2) is 0 Å². The van der Waals surface area contributed by atoms with Crippen molar-refractivity contribution in [2.45, 2.75) is 18.4 Å². The van der Waals surface area contributed by atoms with Gasteiger partial charge in [-0.15, -0.1) is 0 Å². The molecule has 1 aromatic carbocycles. The second kappa shape index (κ2) is 4.60. The van der Waals surface area contributed by atoms with Gasteiger partial charge in [-0.25, -0.2) is 0 Å². The van der Waals surface area contributed by atoms with Crippen molar-refractivity contribution in [3.8, 4) is 0 Å². The van der Waals surface area contributed by atoms with Gasteiger partial charge in [-0.3, -0.25) is 9.69 Å². The first-order chi connectivity index (χ1) is 10.2. The van der Waals surface area contributed by atoms with Crippen molar-refractivity contribution >= 4 is 17.2 Å². The van der Waals surface area contributed by atoms with Crippen LogP contribution in [-0.4, -0.2) is 44.2 Å². The molecule has 0 saturated carbocycles. The number of rotatable bonds is 1. The molecule has 0 saturated heterocycles. The highest BCUT2D eigenvalue weighted by Gasteiger charge is 2.40. The number of anilines is 1. The molecule has 21 heavy (non-hydrogen) atoms. The zero-order valence-electron chi connectivity index (χ0n) is 12.4. The first-order valence-corrected chi connectivity index (χ1v) is 7.56. The van der Waals surface area contributed by atoms with E-state index in [0.29, 0.717) is 12.0 Å². The Morgan fingerprint density at radius 3 is 3.10 bits per heavy atom. The van der Waals surface area contributed by atoms with Crippen LogP contribution in [0.3, 0.4) is 0 Å². The molecule has 0 amide bonds. The highest BCUT2D eigenvalue weighted by Crippen LogP contribution is 2.48. The number of benzene rings is 1. The predicted molar refractivity (Wildman–Crippen MR) is 82.2 cm³/mol. The number of methoxy groups -OCH3 is 1. The molecule has 0 bridgehead atoms. The Balaban J connectivity index is 1.84. The number of carbonyl (C=O) groups excluding carboxylic acids is 1. The van der Waals surface area contributed by atoms with Crippen molar-refractivity contribution in [2.24, 2.45) is 5.92 Å². The standard InChI is InChI=1S/C17H20N2O2/c1-19-9-11(17(20)21-2)6-13-12-4-3-5-14-16(12)10(8-18-14)7-15(13)19/h3-6,10-11,15,18H,7-9H2,1-2H3/t10-,11-,15-/m1/s1. The number of hydrogen-bond acceptors (Lipinski definition) is 4. The molecule has 4 nitrogen and oxygen atoms in total. The van der Waals surface area contributed by atoms with Crippen molar-refractivity contribution in [3.63, 3.8) is 0 Å². The third-order valence-corrected chi connectivity index (χ3v) is 5.13. The molecule has 0 fully saturated rings. The van der Waals surface area contributed by atoms with Crippen LogP contribution in [-0.2, 0) is 9.53 Å². The van der Waals surface area contributed by atoms with Crippen molar-refractivity contribution in [1.29, 1.82) is 0 Å². The van der Waals surface area contributed by atoms with Gasteiger partial charge >= 0.3 is 5.97 Å². The lowest BCUT2D eigenvalue weighted by Crippen LogP contribution is -2.44. The molecule has 1 aromatic rings. The van der Waals surface area contributed by atoms with Crippen LogP contribution in [0.15, 0.2) is 24.3 Å². The number of ether oxygens (including phenoxy) is 1. The van der Waals surface area contributed by atoms with Crippen LogP contribution in [0.1, 0.15) is 23.5 Å². The number of esters is 1. The van der Waals surface area contributed by atoms with Crippen LogP contribution >= 0.6 is 0 Å². The number of nitrogens with zero attached hydrogens (tertiary/aromatic N) is 1.